The fraction of sp³-hybridized carbons (Fsp3) is 0.462. The molecule has 0 radical (unpaired) electrons. The molecule has 1 aromatic rings. The maximum Gasteiger partial charge on any atom is 0.132 e. The molecule has 15 heavy (non-hydrogen) atoms. The summed E-state index contributed by atoms with van der Waals surface area (Å²) in [6, 6.07) is 3.69. The molecule has 82 valence electrons. The van der Waals surface area contributed by atoms with Crippen LogP contribution in [0.15, 0.2) is 17.1 Å². The van der Waals surface area contributed by atoms with Gasteiger partial charge in [-0.1, -0.05) is 26.8 Å². The number of halogens is 1. The minimum Gasteiger partial charge on any atom is -0.296 e. The molecule has 1 nitrogen and oxygen atoms in total. The van der Waals surface area contributed by atoms with Crippen LogP contribution >= 0.6 is 0 Å². The van der Waals surface area contributed by atoms with Crippen molar-refractivity contribution in [2.75, 3.05) is 7.05 Å². The third kappa shape index (κ3) is 2.65. The van der Waals surface area contributed by atoms with E-state index in [4.69, 9.17) is 0 Å². The summed E-state index contributed by atoms with van der Waals surface area (Å²) in [5.41, 5.74) is 2.71. The Hall–Kier alpha value is -1.18. The summed E-state index contributed by atoms with van der Waals surface area (Å²) in [6.45, 7) is 6.18. The Morgan fingerprint density at radius 2 is 2.07 bits per heavy atom. The van der Waals surface area contributed by atoms with E-state index in [2.05, 4.69) is 24.9 Å². The van der Waals surface area contributed by atoms with Gasteiger partial charge in [-0.15, -0.1) is 0 Å². The first-order valence-corrected chi connectivity index (χ1v) is 5.34. The zero-order valence-electron chi connectivity index (χ0n) is 9.84. The van der Waals surface area contributed by atoms with E-state index in [0.29, 0.717) is 11.5 Å². The van der Waals surface area contributed by atoms with Crippen LogP contribution in [0.4, 0.5) is 4.39 Å². The van der Waals surface area contributed by atoms with Gasteiger partial charge >= 0.3 is 0 Å². The van der Waals surface area contributed by atoms with Crippen molar-refractivity contribution in [1.29, 1.82) is 0 Å². The van der Waals surface area contributed by atoms with E-state index in [1.54, 1.807) is 19.3 Å². The molecule has 0 unspecified atom stereocenters. The quantitative estimate of drug-likeness (QED) is 0.672. The summed E-state index contributed by atoms with van der Waals surface area (Å²) in [7, 11) is 1.66. The summed E-state index contributed by atoms with van der Waals surface area (Å²) < 4.78 is 13.8. The molecule has 0 aliphatic heterocycles. The van der Waals surface area contributed by atoms with E-state index < -0.39 is 0 Å². The number of rotatable bonds is 3. The van der Waals surface area contributed by atoms with Gasteiger partial charge in [0.2, 0.25) is 0 Å². The molecule has 1 rings (SSSR count). The summed E-state index contributed by atoms with van der Waals surface area (Å²) in [4.78, 5) is 3.88. The Morgan fingerprint density at radius 1 is 1.40 bits per heavy atom. The van der Waals surface area contributed by atoms with Gasteiger partial charge in [-0.2, -0.15) is 0 Å². The lowest BCUT2D eigenvalue weighted by atomic mass is 9.96. The van der Waals surface area contributed by atoms with Crippen LogP contribution in [0, 0.1) is 5.82 Å². The standard InChI is InChI=1S/C13H18FN/c1-5-10-6-11(9(2)3)7-13(14)12(10)8-15-4/h6-9H,5H2,1-4H3. The molecule has 0 heterocycles. The van der Waals surface area contributed by atoms with E-state index in [0.717, 1.165) is 17.5 Å². The first-order chi connectivity index (χ1) is 7.10. The number of aryl methyl sites for hydroxylation is 1. The second kappa shape index (κ2) is 5.06. The molecule has 0 N–H and O–H groups in total. The maximum atomic E-state index is 13.8. The number of hydrogen-bond donors (Lipinski definition) is 0. The molecule has 1 aromatic carbocycles. The minimum absolute atomic E-state index is 0.163. The van der Waals surface area contributed by atoms with Crippen LogP contribution < -0.4 is 0 Å². The van der Waals surface area contributed by atoms with E-state index in [-0.39, 0.29) is 5.82 Å². The lowest BCUT2D eigenvalue weighted by Gasteiger charge is -2.11. The Kier molecular flexibility index (Phi) is 4.01. The molecule has 0 spiro atoms. The monoisotopic (exact) mass is 207 g/mol. The average Bonchev–Trinajstić information content (AvgIpc) is 2.20. The van der Waals surface area contributed by atoms with Crippen molar-refractivity contribution in [3.8, 4) is 0 Å². The van der Waals surface area contributed by atoms with Gasteiger partial charge in [0.1, 0.15) is 5.82 Å². The van der Waals surface area contributed by atoms with Crippen molar-refractivity contribution in [3.05, 3.63) is 34.6 Å². The number of nitrogens with zero attached hydrogens (tertiary/aromatic N) is 1. The van der Waals surface area contributed by atoms with E-state index in [9.17, 15) is 4.39 Å². The number of benzene rings is 1. The molecule has 0 aliphatic rings. The molecular weight excluding hydrogens is 189 g/mol. The molecular formula is C13H18FN. The molecule has 0 atom stereocenters. The lowest BCUT2D eigenvalue weighted by molar-refractivity contribution is 0.619. The van der Waals surface area contributed by atoms with Crippen LogP contribution in [0.25, 0.3) is 0 Å². The highest BCUT2D eigenvalue weighted by Crippen LogP contribution is 2.21. The fourth-order valence-electron chi connectivity index (χ4n) is 1.60. The second-order valence-corrected chi connectivity index (χ2v) is 3.97. The van der Waals surface area contributed by atoms with Gasteiger partial charge < -0.3 is 0 Å². The molecule has 0 bridgehead atoms. The topological polar surface area (TPSA) is 12.4 Å². The molecule has 0 saturated heterocycles. The number of hydrogen-bond acceptors (Lipinski definition) is 1. The van der Waals surface area contributed by atoms with Gasteiger partial charge in [0.05, 0.1) is 0 Å². The smallest absolute Gasteiger partial charge is 0.132 e. The van der Waals surface area contributed by atoms with E-state index in [1.807, 2.05) is 6.92 Å². The van der Waals surface area contributed by atoms with Crippen LogP contribution in [0.5, 0.6) is 0 Å². The van der Waals surface area contributed by atoms with Crippen molar-refractivity contribution in [2.45, 2.75) is 33.1 Å². The number of aliphatic imine (C=N–C) groups is 1. The Morgan fingerprint density at radius 3 is 2.53 bits per heavy atom. The largest absolute Gasteiger partial charge is 0.296 e. The summed E-state index contributed by atoms with van der Waals surface area (Å²) >= 11 is 0. The van der Waals surface area contributed by atoms with Gasteiger partial charge in [0.25, 0.3) is 0 Å². The SMILES string of the molecule is CCc1cc(C(C)C)cc(F)c1C=NC. The van der Waals surface area contributed by atoms with Gasteiger partial charge in [-0.3, -0.25) is 4.99 Å². The molecule has 2 heteroatoms. The van der Waals surface area contributed by atoms with Crippen molar-refractivity contribution >= 4 is 6.21 Å². The third-order valence-corrected chi connectivity index (χ3v) is 2.54. The highest BCUT2D eigenvalue weighted by Gasteiger charge is 2.09. The Balaban J connectivity index is 3.30. The molecule has 0 fully saturated rings. The first-order valence-electron chi connectivity index (χ1n) is 5.34. The molecule has 0 saturated carbocycles. The van der Waals surface area contributed by atoms with Crippen molar-refractivity contribution in [3.63, 3.8) is 0 Å². The maximum absolute atomic E-state index is 13.8. The predicted molar refractivity (Wildman–Crippen MR) is 63.4 cm³/mol. The van der Waals surface area contributed by atoms with E-state index in [1.165, 1.54) is 0 Å². The van der Waals surface area contributed by atoms with Gasteiger partial charge in [0.15, 0.2) is 0 Å². The van der Waals surface area contributed by atoms with Crippen LogP contribution in [-0.2, 0) is 6.42 Å². The highest BCUT2D eigenvalue weighted by molar-refractivity contribution is 5.82. The average molecular weight is 207 g/mol. The minimum atomic E-state index is -0.163. The lowest BCUT2D eigenvalue weighted by Crippen LogP contribution is -2.00. The molecule has 0 aliphatic carbocycles. The molecule has 0 aromatic heterocycles. The van der Waals surface area contributed by atoms with Crippen LogP contribution in [0.1, 0.15) is 43.4 Å². The third-order valence-electron chi connectivity index (χ3n) is 2.54. The van der Waals surface area contributed by atoms with Gasteiger partial charge in [0, 0.05) is 18.8 Å². The van der Waals surface area contributed by atoms with Gasteiger partial charge in [-0.25, -0.2) is 4.39 Å². The van der Waals surface area contributed by atoms with E-state index >= 15 is 0 Å². The zero-order chi connectivity index (χ0) is 11.4. The van der Waals surface area contributed by atoms with Gasteiger partial charge in [-0.05, 0) is 29.5 Å². The predicted octanol–water partition coefficient (Wildman–Crippen LogP) is 3.56. The van der Waals surface area contributed by atoms with Crippen LogP contribution in [0.3, 0.4) is 0 Å². The first kappa shape index (κ1) is 11.9. The fourth-order valence-corrected chi connectivity index (χ4v) is 1.60. The normalized spacial score (nSPS) is 11.6. The summed E-state index contributed by atoms with van der Waals surface area (Å²) in [5.74, 6) is 0.195. The van der Waals surface area contributed by atoms with Crippen molar-refractivity contribution in [1.82, 2.24) is 0 Å². The zero-order valence-corrected chi connectivity index (χ0v) is 9.84. The highest BCUT2D eigenvalue weighted by atomic mass is 19.1. The van der Waals surface area contributed by atoms with Crippen molar-refractivity contribution in [2.24, 2.45) is 4.99 Å². The van der Waals surface area contributed by atoms with Crippen LogP contribution in [0.2, 0.25) is 0 Å². The molecule has 0 amide bonds. The van der Waals surface area contributed by atoms with Crippen LogP contribution in [-0.4, -0.2) is 13.3 Å². The summed E-state index contributed by atoms with van der Waals surface area (Å²) in [5, 5.41) is 0. The second-order valence-electron chi connectivity index (χ2n) is 3.97. The Labute approximate surface area is 91.0 Å². The Bertz CT molecular complexity index is 367. The summed E-state index contributed by atoms with van der Waals surface area (Å²) in [6.07, 6.45) is 2.43. The van der Waals surface area contributed by atoms with Crippen molar-refractivity contribution < 1.29 is 4.39 Å².